The summed E-state index contributed by atoms with van der Waals surface area (Å²) in [7, 11) is 0. The Kier molecular flexibility index (Phi) is 5.22. The summed E-state index contributed by atoms with van der Waals surface area (Å²) in [5, 5.41) is 2.19. The van der Waals surface area contributed by atoms with E-state index in [1.165, 1.54) is 30.3 Å². The van der Waals surface area contributed by atoms with Gasteiger partial charge >= 0.3 is 0 Å². The molecule has 26 heavy (non-hydrogen) atoms. The number of carbonyl (C=O) groups excluding carboxylic acids is 3. The molecule has 8 heteroatoms. The van der Waals surface area contributed by atoms with Gasteiger partial charge in [0.2, 0.25) is 0 Å². The van der Waals surface area contributed by atoms with Crippen molar-refractivity contribution in [1.82, 2.24) is 10.2 Å². The number of halogens is 1. The van der Waals surface area contributed by atoms with Crippen molar-refractivity contribution in [3.05, 3.63) is 64.2 Å². The summed E-state index contributed by atoms with van der Waals surface area (Å²) in [4.78, 5) is 37.6. The maximum atomic E-state index is 12.9. The molecule has 0 saturated carbocycles. The van der Waals surface area contributed by atoms with Crippen molar-refractivity contribution in [1.29, 1.82) is 0 Å². The quantitative estimate of drug-likeness (QED) is 0.813. The van der Waals surface area contributed by atoms with Gasteiger partial charge in [0.1, 0.15) is 11.6 Å². The molecule has 0 atom stereocenters. The fourth-order valence-corrected chi connectivity index (χ4v) is 3.19. The maximum Gasteiger partial charge on any atom is 0.293 e. The molecule has 1 aromatic carbocycles. The van der Waals surface area contributed by atoms with Crippen LogP contribution in [-0.2, 0) is 4.79 Å². The largest absolute Gasteiger partial charge is 0.456 e. The Hall–Kier alpha value is -2.87. The van der Waals surface area contributed by atoms with Gasteiger partial charge in [-0.15, -0.1) is 0 Å². The van der Waals surface area contributed by atoms with Gasteiger partial charge in [-0.05, 0) is 54.6 Å². The first-order chi connectivity index (χ1) is 12.4. The first kappa shape index (κ1) is 17.9. The second-order valence-corrected chi connectivity index (χ2v) is 6.54. The number of furan rings is 1. The van der Waals surface area contributed by atoms with Gasteiger partial charge in [-0.2, -0.15) is 0 Å². The van der Waals surface area contributed by atoms with Gasteiger partial charge in [-0.25, -0.2) is 4.39 Å². The maximum absolute atomic E-state index is 12.9. The van der Waals surface area contributed by atoms with Crippen molar-refractivity contribution < 1.29 is 23.2 Å². The van der Waals surface area contributed by atoms with Crippen LogP contribution in [0.5, 0.6) is 0 Å². The van der Waals surface area contributed by atoms with Crippen LogP contribution in [-0.4, -0.2) is 35.0 Å². The molecule has 1 aliphatic heterocycles. The van der Waals surface area contributed by atoms with Crippen molar-refractivity contribution in [3.8, 4) is 0 Å². The van der Waals surface area contributed by atoms with Crippen LogP contribution in [0.1, 0.15) is 21.9 Å². The molecule has 1 aromatic heterocycles. The zero-order valence-electron chi connectivity index (χ0n) is 13.8. The average Bonchev–Trinajstić information content (AvgIpc) is 3.15. The normalized spacial score (nSPS) is 15.8. The van der Waals surface area contributed by atoms with Crippen molar-refractivity contribution in [2.24, 2.45) is 0 Å². The highest BCUT2D eigenvalue weighted by molar-refractivity contribution is 8.18. The van der Waals surface area contributed by atoms with Crippen molar-refractivity contribution >= 4 is 34.9 Å². The van der Waals surface area contributed by atoms with Gasteiger partial charge in [0, 0.05) is 13.1 Å². The molecule has 0 spiro atoms. The van der Waals surface area contributed by atoms with Gasteiger partial charge in [0.05, 0.1) is 4.91 Å². The van der Waals surface area contributed by atoms with Crippen molar-refractivity contribution in [3.63, 3.8) is 0 Å². The van der Waals surface area contributed by atoms with Crippen LogP contribution in [0.4, 0.5) is 9.18 Å². The predicted molar refractivity (Wildman–Crippen MR) is 94.9 cm³/mol. The second kappa shape index (κ2) is 7.57. The summed E-state index contributed by atoms with van der Waals surface area (Å²) in [5.41, 5.74) is 0.624. The van der Waals surface area contributed by atoms with Crippen LogP contribution in [0, 0.1) is 12.7 Å². The summed E-state index contributed by atoms with van der Waals surface area (Å²) in [5.74, 6) is -0.433. The number of nitrogens with zero attached hydrogens (tertiary/aromatic N) is 1. The zero-order valence-corrected chi connectivity index (χ0v) is 14.6. The number of hydrogen-bond donors (Lipinski definition) is 1. The van der Waals surface area contributed by atoms with Crippen LogP contribution in [0.2, 0.25) is 0 Å². The third kappa shape index (κ3) is 4.02. The molecular weight excluding hydrogens is 359 g/mol. The summed E-state index contributed by atoms with van der Waals surface area (Å²) in [6, 6.07) is 8.83. The van der Waals surface area contributed by atoms with Gasteiger partial charge in [0.25, 0.3) is 17.1 Å². The van der Waals surface area contributed by atoms with E-state index in [0.717, 1.165) is 16.7 Å². The lowest BCUT2D eigenvalue weighted by molar-refractivity contribution is -0.122. The van der Waals surface area contributed by atoms with Crippen molar-refractivity contribution in [2.45, 2.75) is 6.92 Å². The smallest absolute Gasteiger partial charge is 0.293 e. The molecule has 0 aliphatic carbocycles. The third-order valence-corrected chi connectivity index (χ3v) is 4.53. The summed E-state index contributed by atoms with van der Waals surface area (Å²) in [6.07, 6.45) is 1.54. The first-order valence-electron chi connectivity index (χ1n) is 7.79. The van der Waals surface area contributed by atoms with E-state index in [2.05, 4.69) is 5.32 Å². The van der Waals surface area contributed by atoms with Gasteiger partial charge in [0.15, 0.2) is 5.76 Å². The van der Waals surface area contributed by atoms with E-state index >= 15 is 0 Å². The SMILES string of the molecule is Cc1ccc(C(=O)NCCN2C(=O)S/C(=C/c3ccc(F)cc3)C2=O)o1. The highest BCUT2D eigenvalue weighted by Crippen LogP contribution is 2.31. The minimum absolute atomic E-state index is 0.0524. The molecule has 3 rings (SSSR count). The molecule has 0 unspecified atom stereocenters. The van der Waals surface area contributed by atoms with Gasteiger partial charge in [-0.1, -0.05) is 12.1 Å². The molecule has 1 aliphatic rings. The van der Waals surface area contributed by atoms with Crippen molar-refractivity contribution in [2.75, 3.05) is 13.1 Å². The van der Waals surface area contributed by atoms with E-state index in [9.17, 15) is 18.8 Å². The molecule has 2 heterocycles. The monoisotopic (exact) mass is 374 g/mol. The number of aryl methyl sites for hydroxylation is 1. The minimum atomic E-state index is -0.438. The highest BCUT2D eigenvalue weighted by atomic mass is 32.2. The highest BCUT2D eigenvalue weighted by Gasteiger charge is 2.34. The first-order valence-corrected chi connectivity index (χ1v) is 8.61. The number of hydrogen-bond acceptors (Lipinski definition) is 5. The van der Waals surface area contributed by atoms with Crippen LogP contribution in [0.15, 0.2) is 45.7 Å². The third-order valence-electron chi connectivity index (χ3n) is 3.63. The minimum Gasteiger partial charge on any atom is -0.456 e. The van der Waals surface area contributed by atoms with E-state index in [4.69, 9.17) is 4.42 Å². The zero-order chi connectivity index (χ0) is 18.7. The Balaban J connectivity index is 1.58. The molecule has 134 valence electrons. The Morgan fingerprint density at radius 3 is 2.62 bits per heavy atom. The summed E-state index contributed by atoms with van der Waals surface area (Å²) in [6.45, 7) is 1.89. The van der Waals surface area contributed by atoms with Crippen LogP contribution in [0.3, 0.4) is 0 Å². The molecule has 0 bridgehead atoms. The number of amides is 3. The lowest BCUT2D eigenvalue weighted by atomic mass is 10.2. The number of benzene rings is 1. The second-order valence-electron chi connectivity index (χ2n) is 5.55. The molecule has 0 radical (unpaired) electrons. The van der Waals surface area contributed by atoms with E-state index < -0.39 is 17.1 Å². The lowest BCUT2D eigenvalue weighted by Crippen LogP contribution is -2.37. The van der Waals surface area contributed by atoms with E-state index in [1.807, 2.05) is 0 Å². The molecule has 1 N–H and O–H groups in total. The number of nitrogens with one attached hydrogen (secondary N) is 1. The number of thioether (sulfide) groups is 1. The Bertz CT molecular complexity index is 889. The van der Waals surface area contributed by atoms with E-state index in [0.29, 0.717) is 11.3 Å². The van der Waals surface area contributed by atoms with Crippen LogP contribution < -0.4 is 5.32 Å². The number of imide groups is 1. The molecule has 3 amide bonds. The van der Waals surface area contributed by atoms with E-state index in [1.54, 1.807) is 19.1 Å². The molecule has 1 fully saturated rings. The number of rotatable bonds is 5. The van der Waals surface area contributed by atoms with Crippen LogP contribution >= 0.6 is 11.8 Å². The Morgan fingerprint density at radius 2 is 1.96 bits per heavy atom. The van der Waals surface area contributed by atoms with Gasteiger partial charge in [-0.3, -0.25) is 19.3 Å². The molecule has 2 aromatic rings. The fraction of sp³-hybridized carbons (Fsp3) is 0.167. The molecular formula is C18H15FN2O4S. The summed E-state index contributed by atoms with van der Waals surface area (Å²) < 4.78 is 18.1. The van der Waals surface area contributed by atoms with E-state index in [-0.39, 0.29) is 29.6 Å². The molecule has 6 nitrogen and oxygen atoms in total. The average molecular weight is 374 g/mol. The number of carbonyl (C=O) groups is 3. The van der Waals surface area contributed by atoms with Crippen LogP contribution in [0.25, 0.3) is 6.08 Å². The Morgan fingerprint density at radius 1 is 1.23 bits per heavy atom. The lowest BCUT2D eigenvalue weighted by Gasteiger charge is -2.12. The topological polar surface area (TPSA) is 79.6 Å². The molecule has 1 saturated heterocycles. The van der Waals surface area contributed by atoms with Gasteiger partial charge < -0.3 is 9.73 Å². The summed E-state index contributed by atoms with van der Waals surface area (Å²) >= 11 is 0.813. The fourth-order valence-electron chi connectivity index (χ4n) is 2.33. The predicted octanol–water partition coefficient (Wildman–Crippen LogP) is 3.19. The Labute approximate surface area is 153 Å². The standard InChI is InChI=1S/C18H15FN2O4S/c1-11-2-7-14(25-11)16(22)20-8-9-21-17(23)15(26-18(21)24)10-12-3-5-13(19)6-4-12/h2-7,10H,8-9H2,1H3,(H,20,22)/b15-10+.